The monoisotopic (exact) mass is 264 g/mol. The molecule has 0 radical (unpaired) electrons. The van der Waals surface area contributed by atoms with E-state index in [1.165, 1.54) is 5.56 Å². The minimum Gasteiger partial charge on any atom is -0.289 e. The third-order valence-electron chi connectivity index (χ3n) is 4.36. The van der Waals surface area contributed by atoms with Crippen LogP contribution in [0.15, 0.2) is 42.5 Å². The summed E-state index contributed by atoms with van der Waals surface area (Å²) >= 11 is 0. The van der Waals surface area contributed by atoms with E-state index in [1.807, 2.05) is 18.2 Å². The third-order valence-corrected chi connectivity index (χ3v) is 4.36. The van der Waals surface area contributed by atoms with Crippen molar-refractivity contribution >= 4 is 5.78 Å². The van der Waals surface area contributed by atoms with Crippen LogP contribution in [0.3, 0.4) is 0 Å². The van der Waals surface area contributed by atoms with Gasteiger partial charge in [-0.05, 0) is 28.5 Å². The summed E-state index contributed by atoms with van der Waals surface area (Å²) in [4.78, 5) is 12.8. The number of hydrogen-bond donors (Lipinski definition) is 0. The quantitative estimate of drug-likeness (QED) is 0.652. The molecular formula is C19H20O. The predicted molar refractivity (Wildman–Crippen MR) is 83.2 cm³/mol. The van der Waals surface area contributed by atoms with Crippen molar-refractivity contribution in [1.82, 2.24) is 0 Å². The molecule has 0 aromatic heterocycles. The van der Waals surface area contributed by atoms with Gasteiger partial charge in [0, 0.05) is 11.1 Å². The molecular weight excluding hydrogens is 244 g/mol. The van der Waals surface area contributed by atoms with E-state index in [-0.39, 0.29) is 11.2 Å². The number of rotatable bonds is 3. The van der Waals surface area contributed by atoms with E-state index >= 15 is 0 Å². The zero-order valence-corrected chi connectivity index (χ0v) is 12.4. The molecule has 0 N–H and O–H groups in total. The fourth-order valence-electron chi connectivity index (χ4n) is 3.40. The maximum absolute atomic E-state index is 12.8. The normalized spacial score (nSPS) is 13.2. The summed E-state index contributed by atoms with van der Waals surface area (Å²) in [7, 11) is 0. The highest BCUT2D eigenvalue weighted by molar-refractivity contribution is 6.22. The van der Waals surface area contributed by atoms with Crippen LogP contribution < -0.4 is 0 Å². The van der Waals surface area contributed by atoms with Crippen LogP contribution >= 0.6 is 0 Å². The predicted octanol–water partition coefficient (Wildman–Crippen LogP) is 4.98. The third kappa shape index (κ3) is 1.81. The van der Waals surface area contributed by atoms with Crippen LogP contribution in [0, 0.1) is 0 Å². The first kappa shape index (κ1) is 13.1. The molecule has 102 valence electrons. The Morgan fingerprint density at radius 3 is 2.25 bits per heavy atom. The summed E-state index contributed by atoms with van der Waals surface area (Å²) in [6, 6.07) is 14.2. The molecule has 20 heavy (non-hydrogen) atoms. The van der Waals surface area contributed by atoms with E-state index in [0.717, 1.165) is 35.1 Å². The van der Waals surface area contributed by atoms with Crippen molar-refractivity contribution < 1.29 is 4.79 Å². The minimum absolute atomic E-state index is 0.0395. The first-order valence-electron chi connectivity index (χ1n) is 7.34. The molecule has 2 aromatic rings. The van der Waals surface area contributed by atoms with Gasteiger partial charge in [0.15, 0.2) is 5.78 Å². The van der Waals surface area contributed by atoms with Crippen LogP contribution in [0.25, 0.3) is 11.1 Å². The molecule has 0 bridgehead atoms. The number of hydrogen-bond acceptors (Lipinski definition) is 1. The highest BCUT2D eigenvalue weighted by Crippen LogP contribution is 2.42. The lowest BCUT2D eigenvalue weighted by molar-refractivity contribution is 0.104. The van der Waals surface area contributed by atoms with Crippen molar-refractivity contribution in [2.75, 3.05) is 0 Å². The molecule has 0 aliphatic heterocycles. The highest BCUT2D eigenvalue weighted by atomic mass is 16.1. The second-order valence-electron chi connectivity index (χ2n) is 6.24. The number of fused-ring (bicyclic) bond motifs is 3. The fourth-order valence-corrected chi connectivity index (χ4v) is 3.40. The van der Waals surface area contributed by atoms with Gasteiger partial charge >= 0.3 is 0 Å². The van der Waals surface area contributed by atoms with Crippen LogP contribution in [0.4, 0.5) is 0 Å². The van der Waals surface area contributed by atoms with E-state index in [0.29, 0.717) is 0 Å². The minimum atomic E-state index is 0.0395. The summed E-state index contributed by atoms with van der Waals surface area (Å²) in [6.45, 7) is 6.67. The summed E-state index contributed by atoms with van der Waals surface area (Å²) < 4.78 is 0. The Morgan fingerprint density at radius 1 is 0.900 bits per heavy atom. The molecule has 1 heteroatoms. The molecule has 0 heterocycles. The van der Waals surface area contributed by atoms with Crippen molar-refractivity contribution in [2.45, 2.75) is 39.0 Å². The molecule has 3 rings (SSSR count). The van der Waals surface area contributed by atoms with Gasteiger partial charge in [0.2, 0.25) is 0 Å². The van der Waals surface area contributed by atoms with Crippen molar-refractivity contribution in [3.05, 3.63) is 59.2 Å². The summed E-state index contributed by atoms with van der Waals surface area (Å²) in [5.74, 6) is 0.190. The zero-order valence-electron chi connectivity index (χ0n) is 12.4. The lowest BCUT2D eigenvalue weighted by atomic mass is 9.77. The van der Waals surface area contributed by atoms with Crippen molar-refractivity contribution in [2.24, 2.45) is 0 Å². The molecule has 0 amide bonds. The standard InChI is InChI=1S/C19H20O/c1-4-12-19(2,3)16-11-7-10-14-13-8-5-6-9-15(13)18(20)17(14)16/h5-11H,4,12H2,1-3H3. The van der Waals surface area contributed by atoms with Crippen LogP contribution in [0.1, 0.15) is 55.1 Å². The van der Waals surface area contributed by atoms with Crippen LogP contribution in [-0.2, 0) is 5.41 Å². The summed E-state index contributed by atoms with van der Waals surface area (Å²) in [5, 5.41) is 0. The molecule has 0 saturated heterocycles. The average Bonchev–Trinajstić information content (AvgIpc) is 2.73. The molecule has 2 aromatic carbocycles. The largest absolute Gasteiger partial charge is 0.289 e. The number of carbonyl (C=O) groups excluding carboxylic acids is 1. The van der Waals surface area contributed by atoms with E-state index in [9.17, 15) is 4.79 Å². The van der Waals surface area contributed by atoms with Gasteiger partial charge in [0.25, 0.3) is 0 Å². The first-order valence-corrected chi connectivity index (χ1v) is 7.34. The number of benzene rings is 2. The Bertz CT molecular complexity index is 680. The molecule has 0 unspecified atom stereocenters. The van der Waals surface area contributed by atoms with Crippen LogP contribution in [-0.4, -0.2) is 5.78 Å². The van der Waals surface area contributed by atoms with Crippen LogP contribution in [0.2, 0.25) is 0 Å². The molecule has 0 saturated carbocycles. The second-order valence-corrected chi connectivity index (χ2v) is 6.24. The second kappa shape index (κ2) is 4.59. The van der Waals surface area contributed by atoms with Gasteiger partial charge in [-0.3, -0.25) is 4.79 Å². The number of ketones is 1. The fraction of sp³-hybridized carbons (Fsp3) is 0.316. The Balaban J connectivity index is 2.23. The topological polar surface area (TPSA) is 17.1 Å². The van der Waals surface area contributed by atoms with E-state index in [2.05, 4.69) is 45.0 Å². The summed E-state index contributed by atoms with van der Waals surface area (Å²) in [6.07, 6.45) is 2.21. The highest BCUT2D eigenvalue weighted by Gasteiger charge is 2.33. The van der Waals surface area contributed by atoms with Gasteiger partial charge in [0.1, 0.15) is 0 Å². The smallest absolute Gasteiger partial charge is 0.194 e. The average molecular weight is 264 g/mol. The van der Waals surface area contributed by atoms with Gasteiger partial charge in [-0.1, -0.05) is 69.7 Å². The molecule has 1 nitrogen and oxygen atoms in total. The Labute approximate surface area is 120 Å². The lowest BCUT2D eigenvalue weighted by Gasteiger charge is -2.27. The van der Waals surface area contributed by atoms with Crippen LogP contribution in [0.5, 0.6) is 0 Å². The Morgan fingerprint density at radius 2 is 1.55 bits per heavy atom. The first-order chi connectivity index (χ1) is 9.56. The van der Waals surface area contributed by atoms with Gasteiger partial charge in [-0.15, -0.1) is 0 Å². The van der Waals surface area contributed by atoms with Gasteiger partial charge in [-0.2, -0.15) is 0 Å². The molecule has 0 atom stereocenters. The molecule has 0 spiro atoms. The van der Waals surface area contributed by atoms with Crippen molar-refractivity contribution in [1.29, 1.82) is 0 Å². The van der Waals surface area contributed by atoms with E-state index in [1.54, 1.807) is 0 Å². The Kier molecular flexibility index (Phi) is 3.01. The van der Waals surface area contributed by atoms with Crippen molar-refractivity contribution in [3.63, 3.8) is 0 Å². The van der Waals surface area contributed by atoms with Gasteiger partial charge in [-0.25, -0.2) is 0 Å². The Hall–Kier alpha value is -1.89. The number of carbonyl (C=O) groups is 1. The molecule has 0 fully saturated rings. The maximum Gasteiger partial charge on any atom is 0.194 e. The lowest BCUT2D eigenvalue weighted by Crippen LogP contribution is -2.20. The summed E-state index contributed by atoms with van der Waals surface area (Å²) in [5.41, 5.74) is 5.19. The van der Waals surface area contributed by atoms with E-state index in [4.69, 9.17) is 0 Å². The van der Waals surface area contributed by atoms with E-state index < -0.39 is 0 Å². The molecule has 1 aliphatic rings. The van der Waals surface area contributed by atoms with Gasteiger partial charge in [0.05, 0.1) is 0 Å². The van der Waals surface area contributed by atoms with Crippen molar-refractivity contribution in [3.8, 4) is 11.1 Å². The SMILES string of the molecule is CCCC(C)(C)c1cccc2c1C(=O)c1ccccc1-2. The maximum atomic E-state index is 12.8. The molecule has 1 aliphatic carbocycles. The zero-order chi connectivity index (χ0) is 14.3. The van der Waals surface area contributed by atoms with Gasteiger partial charge < -0.3 is 0 Å².